The Kier molecular flexibility index (Phi) is 3.36. The molecule has 98 valence electrons. The van der Waals surface area contributed by atoms with E-state index in [9.17, 15) is 0 Å². The van der Waals surface area contributed by atoms with E-state index in [1.165, 1.54) is 25.7 Å². The molecule has 3 nitrogen and oxygen atoms in total. The second-order valence-corrected chi connectivity index (χ2v) is 5.18. The first-order valence-electron chi connectivity index (χ1n) is 6.90. The molecule has 2 aromatic rings. The van der Waals surface area contributed by atoms with Gasteiger partial charge in [0.25, 0.3) is 0 Å². The van der Waals surface area contributed by atoms with Gasteiger partial charge in [0.15, 0.2) is 0 Å². The molecule has 3 rings (SSSR count). The number of rotatable bonds is 3. The van der Waals surface area contributed by atoms with Crippen molar-refractivity contribution >= 4 is 11.5 Å². The molecule has 0 amide bonds. The third-order valence-electron chi connectivity index (χ3n) is 3.71. The average molecular weight is 253 g/mol. The van der Waals surface area contributed by atoms with E-state index >= 15 is 0 Å². The lowest BCUT2D eigenvalue weighted by atomic mass is 10.1. The molecule has 0 aliphatic heterocycles. The molecule has 1 fully saturated rings. The van der Waals surface area contributed by atoms with Crippen molar-refractivity contribution < 1.29 is 0 Å². The van der Waals surface area contributed by atoms with Crippen LogP contribution in [0.15, 0.2) is 42.6 Å². The van der Waals surface area contributed by atoms with E-state index in [0.717, 1.165) is 22.6 Å². The molecule has 3 N–H and O–H groups in total. The molecule has 0 saturated heterocycles. The van der Waals surface area contributed by atoms with Crippen LogP contribution >= 0.6 is 0 Å². The number of nitrogen functional groups attached to an aromatic ring is 1. The Hall–Kier alpha value is -2.03. The standard InChI is InChI=1S/C16H19N3/c17-14-8-5-12(6-9-14)13-7-10-16(18-11-13)19-15-3-1-2-4-15/h5-11,15H,1-4,17H2,(H,18,19). The number of pyridine rings is 1. The molecule has 0 unspecified atom stereocenters. The van der Waals surface area contributed by atoms with Crippen LogP contribution < -0.4 is 11.1 Å². The fourth-order valence-electron chi connectivity index (χ4n) is 2.60. The molecule has 1 saturated carbocycles. The molecule has 1 aliphatic carbocycles. The highest BCUT2D eigenvalue weighted by molar-refractivity contribution is 5.65. The molecular formula is C16H19N3. The van der Waals surface area contributed by atoms with Crippen molar-refractivity contribution in [2.75, 3.05) is 11.1 Å². The van der Waals surface area contributed by atoms with E-state index in [4.69, 9.17) is 5.73 Å². The van der Waals surface area contributed by atoms with Crippen molar-refractivity contribution in [2.24, 2.45) is 0 Å². The first-order valence-corrected chi connectivity index (χ1v) is 6.90. The zero-order valence-electron chi connectivity index (χ0n) is 11.0. The van der Waals surface area contributed by atoms with Gasteiger partial charge in [0.1, 0.15) is 5.82 Å². The van der Waals surface area contributed by atoms with Crippen LogP contribution in [-0.2, 0) is 0 Å². The van der Waals surface area contributed by atoms with E-state index in [1.807, 2.05) is 30.5 Å². The monoisotopic (exact) mass is 253 g/mol. The van der Waals surface area contributed by atoms with Gasteiger partial charge in [-0.1, -0.05) is 25.0 Å². The van der Waals surface area contributed by atoms with Gasteiger partial charge in [0, 0.05) is 23.5 Å². The van der Waals surface area contributed by atoms with Gasteiger partial charge in [-0.05, 0) is 42.7 Å². The summed E-state index contributed by atoms with van der Waals surface area (Å²) in [6, 6.07) is 12.7. The Labute approximate surface area is 113 Å². The molecule has 1 heterocycles. The lowest BCUT2D eigenvalue weighted by Crippen LogP contribution is -2.15. The van der Waals surface area contributed by atoms with Gasteiger partial charge in [0.05, 0.1) is 0 Å². The summed E-state index contributed by atoms with van der Waals surface area (Å²) in [5.74, 6) is 0.978. The predicted octanol–water partition coefficient (Wildman–Crippen LogP) is 3.69. The van der Waals surface area contributed by atoms with Gasteiger partial charge in [-0.25, -0.2) is 4.98 Å². The predicted molar refractivity (Wildman–Crippen MR) is 80.0 cm³/mol. The average Bonchev–Trinajstić information content (AvgIpc) is 2.94. The maximum atomic E-state index is 5.69. The minimum absolute atomic E-state index is 0.606. The summed E-state index contributed by atoms with van der Waals surface area (Å²) < 4.78 is 0. The van der Waals surface area contributed by atoms with Crippen LogP contribution in [0.3, 0.4) is 0 Å². The summed E-state index contributed by atoms with van der Waals surface area (Å²) in [4.78, 5) is 4.50. The van der Waals surface area contributed by atoms with Crippen LogP contribution in [0.1, 0.15) is 25.7 Å². The van der Waals surface area contributed by atoms with Crippen LogP contribution in [0, 0.1) is 0 Å². The molecule has 19 heavy (non-hydrogen) atoms. The summed E-state index contributed by atoms with van der Waals surface area (Å²) >= 11 is 0. The Bertz CT molecular complexity index is 525. The van der Waals surface area contributed by atoms with E-state index in [2.05, 4.69) is 22.4 Å². The van der Waals surface area contributed by atoms with Gasteiger partial charge in [-0.15, -0.1) is 0 Å². The third-order valence-corrected chi connectivity index (χ3v) is 3.71. The lowest BCUT2D eigenvalue weighted by Gasteiger charge is -2.12. The highest BCUT2D eigenvalue weighted by atomic mass is 15.0. The number of nitrogens with one attached hydrogen (secondary N) is 1. The van der Waals surface area contributed by atoms with Gasteiger partial charge in [0.2, 0.25) is 0 Å². The summed E-state index contributed by atoms with van der Waals surface area (Å²) in [7, 11) is 0. The molecular weight excluding hydrogens is 234 g/mol. The fraction of sp³-hybridized carbons (Fsp3) is 0.312. The number of anilines is 2. The number of hydrogen-bond donors (Lipinski definition) is 2. The number of nitrogens with zero attached hydrogens (tertiary/aromatic N) is 1. The van der Waals surface area contributed by atoms with Gasteiger partial charge in [-0.3, -0.25) is 0 Å². The van der Waals surface area contributed by atoms with Crippen LogP contribution in [-0.4, -0.2) is 11.0 Å². The molecule has 3 heteroatoms. The fourth-order valence-corrected chi connectivity index (χ4v) is 2.60. The summed E-state index contributed by atoms with van der Waals surface area (Å²) in [5, 5.41) is 3.50. The number of hydrogen-bond acceptors (Lipinski definition) is 3. The summed E-state index contributed by atoms with van der Waals surface area (Å²) in [6.45, 7) is 0. The van der Waals surface area contributed by atoms with Crippen LogP contribution in [0.4, 0.5) is 11.5 Å². The molecule has 1 aromatic heterocycles. The highest BCUT2D eigenvalue weighted by Crippen LogP contribution is 2.24. The van der Waals surface area contributed by atoms with E-state index in [1.54, 1.807) is 0 Å². The quantitative estimate of drug-likeness (QED) is 0.820. The Balaban J connectivity index is 1.72. The van der Waals surface area contributed by atoms with Gasteiger partial charge < -0.3 is 11.1 Å². The first-order chi connectivity index (χ1) is 9.31. The van der Waals surface area contributed by atoms with E-state index in [-0.39, 0.29) is 0 Å². The minimum atomic E-state index is 0.606. The van der Waals surface area contributed by atoms with Crippen molar-refractivity contribution in [2.45, 2.75) is 31.7 Å². The second kappa shape index (κ2) is 5.31. The molecule has 1 aromatic carbocycles. The molecule has 0 spiro atoms. The Morgan fingerprint density at radius 3 is 2.26 bits per heavy atom. The molecule has 0 atom stereocenters. The largest absolute Gasteiger partial charge is 0.399 e. The maximum absolute atomic E-state index is 5.69. The first kappa shape index (κ1) is 12.0. The second-order valence-electron chi connectivity index (χ2n) is 5.18. The number of benzene rings is 1. The summed E-state index contributed by atoms with van der Waals surface area (Å²) in [6.07, 6.45) is 7.12. The van der Waals surface area contributed by atoms with E-state index in [0.29, 0.717) is 6.04 Å². The van der Waals surface area contributed by atoms with Crippen LogP contribution in [0.2, 0.25) is 0 Å². The van der Waals surface area contributed by atoms with Gasteiger partial charge >= 0.3 is 0 Å². The Morgan fingerprint density at radius 1 is 0.947 bits per heavy atom. The van der Waals surface area contributed by atoms with Crippen molar-refractivity contribution in [1.29, 1.82) is 0 Å². The highest BCUT2D eigenvalue weighted by Gasteiger charge is 2.14. The van der Waals surface area contributed by atoms with Crippen molar-refractivity contribution in [1.82, 2.24) is 4.98 Å². The topological polar surface area (TPSA) is 50.9 Å². The van der Waals surface area contributed by atoms with Crippen molar-refractivity contribution in [3.63, 3.8) is 0 Å². The zero-order chi connectivity index (χ0) is 13.1. The summed E-state index contributed by atoms with van der Waals surface area (Å²) in [5.41, 5.74) is 8.75. The zero-order valence-corrected chi connectivity index (χ0v) is 11.0. The van der Waals surface area contributed by atoms with Crippen LogP contribution in [0.25, 0.3) is 11.1 Å². The minimum Gasteiger partial charge on any atom is -0.399 e. The number of nitrogens with two attached hydrogens (primary N) is 1. The lowest BCUT2D eigenvalue weighted by molar-refractivity contribution is 0.750. The Morgan fingerprint density at radius 2 is 1.63 bits per heavy atom. The van der Waals surface area contributed by atoms with Gasteiger partial charge in [-0.2, -0.15) is 0 Å². The SMILES string of the molecule is Nc1ccc(-c2ccc(NC3CCCC3)nc2)cc1. The van der Waals surface area contributed by atoms with Crippen molar-refractivity contribution in [3.05, 3.63) is 42.6 Å². The molecule has 0 radical (unpaired) electrons. The van der Waals surface area contributed by atoms with E-state index < -0.39 is 0 Å². The maximum Gasteiger partial charge on any atom is 0.126 e. The van der Waals surface area contributed by atoms with Crippen LogP contribution in [0.5, 0.6) is 0 Å². The number of aromatic nitrogens is 1. The normalized spacial score (nSPS) is 15.6. The molecule has 1 aliphatic rings. The molecule has 0 bridgehead atoms. The van der Waals surface area contributed by atoms with Crippen molar-refractivity contribution in [3.8, 4) is 11.1 Å². The third kappa shape index (κ3) is 2.87. The smallest absolute Gasteiger partial charge is 0.126 e.